The molecule has 1 fully saturated rings. The second-order valence-corrected chi connectivity index (χ2v) is 6.31. The first-order valence-electron chi connectivity index (χ1n) is 7.61. The highest BCUT2D eigenvalue weighted by atomic mass is 35.5. The summed E-state index contributed by atoms with van der Waals surface area (Å²) in [4.78, 5) is 32.8. The first-order chi connectivity index (χ1) is 11.9. The number of nitrogens with zero attached hydrogens (tertiary/aromatic N) is 2. The van der Waals surface area contributed by atoms with E-state index in [9.17, 15) is 19.1 Å². The lowest BCUT2D eigenvalue weighted by Gasteiger charge is -2.21. The summed E-state index contributed by atoms with van der Waals surface area (Å²) in [7, 11) is 0. The summed E-state index contributed by atoms with van der Waals surface area (Å²) in [5, 5.41) is 13.1. The third-order valence-corrected chi connectivity index (χ3v) is 4.27. The molecule has 9 heteroatoms. The van der Waals surface area contributed by atoms with E-state index in [2.05, 4.69) is 15.3 Å². The highest BCUT2D eigenvalue weighted by Gasteiger charge is 2.51. The third kappa shape index (κ3) is 3.64. The first-order valence-corrected chi connectivity index (χ1v) is 7.98. The van der Waals surface area contributed by atoms with Gasteiger partial charge in [-0.25, -0.2) is 9.37 Å². The van der Waals surface area contributed by atoms with E-state index < -0.39 is 23.2 Å². The second kappa shape index (κ2) is 6.81. The van der Waals surface area contributed by atoms with E-state index >= 15 is 0 Å². The maximum atomic E-state index is 13.3. The van der Waals surface area contributed by atoms with Crippen molar-refractivity contribution in [2.24, 2.45) is 0 Å². The van der Waals surface area contributed by atoms with E-state index in [0.717, 1.165) is 6.07 Å². The minimum absolute atomic E-state index is 0.0181. The van der Waals surface area contributed by atoms with Crippen molar-refractivity contribution in [3.8, 4) is 0 Å². The number of aromatic nitrogens is 2. The molecule has 0 bridgehead atoms. The van der Waals surface area contributed by atoms with Gasteiger partial charge in [-0.15, -0.1) is 0 Å². The van der Waals surface area contributed by atoms with Crippen LogP contribution in [0.4, 0.5) is 4.39 Å². The fourth-order valence-corrected chi connectivity index (χ4v) is 2.99. The Kier molecular flexibility index (Phi) is 4.73. The van der Waals surface area contributed by atoms with E-state index in [-0.39, 0.29) is 31.1 Å². The molecule has 0 radical (unpaired) electrons. The largest absolute Gasteiger partial charge is 0.372 e. The summed E-state index contributed by atoms with van der Waals surface area (Å²) in [6.07, 6.45) is 3.03. The van der Waals surface area contributed by atoms with E-state index in [4.69, 9.17) is 11.6 Å². The number of aliphatic hydroxyl groups is 1. The number of hydrogen-bond acceptors (Lipinski definition) is 4. The van der Waals surface area contributed by atoms with Crippen molar-refractivity contribution in [3.63, 3.8) is 0 Å². The zero-order valence-electron chi connectivity index (χ0n) is 13.1. The molecule has 1 aliphatic rings. The molecular weight excluding hydrogens is 351 g/mol. The zero-order valence-corrected chi connectivity index (χ0v) is 13.9. The van der Waals surface area contributed by atoms with Crippen molar-refractivity contribution in [1.82, 2.24) is 20.2 Å². The maximum Gasteiger partial charge on any atom is 0.264 e. The van der Waals surface area contributed by atoms with E-state index in [0.29, 0.717) is 11.3 Å². The lowest BCUT2D eigenvalue weighted by Crippen LogP contribution is -2.52. The molecule has 7 nitrogen and oxygen atoms in total. The van der Waals surface area contributed by atoms with Gasteiger partial charge < -0.3 is 20.3 Å². The van der Waals surface area contributed by atoms with Crippen LogP contribution < -0.4 is 5.32 Å². The summed E-state index contributed by atoms with van der Waals surface area (Å²) >= 11 is 5.76. The van der Waals surface area contributed by atoms with Crippen LogP contribution in [-0.2, 0) is 22.7 Å². The predicted molar refractivity (Wildman–Crippen MR) is 86.8 cm³/mol. The van der Waals surface area contributed by atoms with Crippen LogP contribution in [0.25, 0.3) is 0 Å². The Morgan fingerprint density at radius 2 is 2.28 bits per heavy atom. The minimum Gasteiger partial charge on any atom is -0.372 e. The van der Waals surface area contributed by atoms with Crippen molar-refractivity contribution < 1.29 is 19.1 Å². The molecule has 0 aliphatic carbocycles. The summed E-state index contributed by atoms with van der Waals surface area (Å²) < 4.78 is 13.3. The van der Waals surface area contributed by atoms with Crippen LogP contribution in [0.15, 0.2) is 30.7 Å². The number of imidazole rings is 1. The average Bonchev–Trinajstić information content (AvgIpc) is 3.16. The summed E-state index contributed by atoms with van der Waals surface area (Å²) in [6.45, 7) is 0.425. The first kappa shape index (κ1) is 17.4. The smallest absolute Gasteiger partial charge is 0.264 e. The lowest BCUT2D eigenvalue weighted by atomic mass is 10.0. The molecule has 1 aromatic carbocycles. The topological polar surface area (TPSA) is 98.3 Å². The average molecular weight is 367 g/mol. The number of nitrogens with one attached hydrogen (secondary N) is 2. The van der Waals surface area contributed by atoms with Crippen molar-refractivity contribution in [1.29, 1.82) is 0 Å². The van der Waals surface area contributed by atoms with Crippen molar-refractivity contribution in [2.75, 3.05) is 6.54 Å². The molecule has 1 saturated heterocycles. The number of aromatic amines is 1. The Labute approximate surface area is 147 Å². The summed E-state index contributed by atoms with van der Waals surface area (Å²) in [5.74, 6) is -2.01. The van der Waals surface area contributed by atoms with E-state index in [1.54, 1.807) is 6.20 Å². The molecule has 0 spiro atoms. The van der Waals surface area contributed by atoms with Crippen LogP contribution in [0, 0.1) is 5.82 Å². The Morgan fingerprint density at radius 3 is 2.96 bits per heavy atom. The molecule has 1 aliphatic heterocycles. The molecule has 132 valence electrons. The van der Waals surface area contributed by atoms with Crippen LogP contribution in [0.2, 0.25) is 5.02 Å². The molecule has 2 heterocycles. The van der Waals surface area contributed by atoms with Crippen LogP contribution in [0.1, 0.15) is 17.7 Å². The number of H-pyrrole nitrogens is 1. The van der Waals surface area contributed by atoms with Gasteiger partial charge in [0.25, 0.3) is 11.8 Å². The van der Waals surface area contributed by atoms with E-state index in [1.165, 1.54) is 23.4 Å². The second-order valence-electron chi connectivity index (χ2n) is 5.87. The number of hydrogen-bond donors (Lipinski definition) is 3. The van der Waals surface area contributed by atoms with Gasteiger partial charge in [-0.05, 0) is 23.8 Å². The molecule has 1 atom stereocenters. The van der Waals surface area contributed by atoms with Crippen LogP contribution in [0.5, 0.6) is 0 Å². The van der Waals surface area contributed by atoms with Gasteiger partial charge >= 0.3 is 0 Å². The van der Waals surface area contributed by atoms with Crippen molar-refractivity contribution in [3.05, 3.63) is 52.8 Å². The van der Waals surface area contributed by atoms with Crippen LogP contribution in [-0.4, -0.2) is 43.9 Å². The quantitative estimate of drug-likeness (QED) is 0.687. The summed E-state index contributed by atoms with van der Waals surface area (Å²) in [6, 6.07) is 3.86. The number of rotatable bonds is 5. The number of amides is 2. The van der Waals surface area contributed by atoms with Gasteiger partial charge in [0.2, 0.25) is 5.60 Å². The Bertz CT molecular complexity index is 778. The Balaban J connectivity index is 1.63. The van der Waals surface area contributed by atoms with Gasteiger partial charge in [0.15, 0.2) is 0 Å². The molecule has 3 rings (SSSR count). The fourth-order valence-electron chi connectivity index (χ4n) is 2.75. The molecular formula is C16H16ClFN4O3. The van der Waals surface area contributed by atoms with Crippen LogP contribution in [0.3, 0.4) is 0 Å². The van der Waals surface area contributed by atoms with Gasteiger partial charge in [0.05, 0.1) is 18.6 Å². The molecule has 3 N–H and O–H groups in total. The molecule has 0 saturated carbocycles. The Morgan fingerprint density at radius 1 is 1.48 bits per heavy atom. The SMILES string of the molecule is O=C(NCc1cc(F)cc(Cl)c1)C1(O)CCN(Cc2cnc[nH]2)C1=O. The van der Waals surface area contributed by atoms with Gasteiger partial charge in [-0.3, -0.25) is 9.59 Å². The van der Waals surface area contributed by atoms with Gasteiger partial charge in [0.1, 0.15) is 5.82 Å². The fraction of sp³-hybridized carbons (Fsp3) is 0.312. The monoisotopic (exact) mass is 366 g/mol. The molecule has 1 unspecified atom stereocenters. The summed E-state index contributed by atoms with van der Waals surface area (Å²) in [5.41, 5.74) is -0.994. The standard InChI is InChI=1S/C16H16ClFN4O3/c17-11-3-10(4-12(18)5-11)6-20-14(23)16(25)1-2-22(15(16)24)8-13-7-19-9-21-13/h3-5,7,9,25H,1-2,6,8H2,(H,19,21)(H,20,23). The highest BCUT2D eigenvalue weighted by molar-refractivity contribution is 6.30. The number of carbonyl (C=O) groups is 2. The van der Waals surface area contributed by atoms with Crippen LogP contribution >= 0.6 is 11.6 Å². The number of carbonyl (C=O) groups excluding carboxylic acids is 2. The zero-order chi connectivity index (χ0) is 18.0. The van der Waals surface area contributed by atoms with E-state index in [1.807, 2.05) is 0 Å². The third-order valence-electron chi connectivity index (χ3n) is 4.05. The number of benzene rings is 1. The molecule has 25 heavy (non-hydrogen) atoms. The van der Waals surface area contributed by atoms with Gasteiger partial charge in [-0.1, -0.05) is 11.6 Å². The van der Waals surface area contributed by atoms with Gasteiger partial charge in [0, 0.05) is 30.7 Å². The lowest BCUT2D eigenvalue weighted by molar-refractivity contribution is -0.154. The number of likely N-dealkylation sites (tertiary alicyclic amines) is 1. The molecule has 2 amide bonds. The normalized spacial score (nSPS) is 20.1. The predicted octanol–water partition coefficient (Wildman–Crippen LogP) is 0.982. The van der Waals surface area contributed by atoms with Crippen molar-refractivity contribution >= 4 is 23.4 Å². The molecule has 1 aromatic heterocycles. The van der Waals surface area contributed by atoms with Gasteiger partial charge in [-0.2, -0.15) is 0 Å². The minimum atomic E-state index is -2.13. The maximum absolute atomic E-state index is 13.3. The Hall–Kier alpha value is -2.45. The molecule has 2 aromatic rings. The van der Waals surface area contributed by atoms with Crippen molar-refractivity contribution in [2.45, 2.75) is 25.1 Å². The highest BCUT2D eigenvalue weighted by Crippen LogP contribution is 2.25. The number of halogens is 2.